The van der Waals surface area contributed by atoms with E-state index in [2.05, 4.69) is 52.0 Å². The zero-order chi connectivity index (χ0) is 15.1. The van der Waals surface area contributed by atoms with Crippen molar-refractivity contribution >= 4 is 52.6 Å². The fourth-order valence-electron chi connectivity index (χ4n) is 1.87. The Bertz CT molecular complexity index is 544. The van der Waals surface area contributed by atoms with Gasteiger partial charge < -0.3 is 10.6 Å². The minimum absolute atomic E-state index is 0. The molecule has 22 heavy (non-hydrogen) atoms. The van der Waals surface area contributed by atoms with Gasteiger partial charge >= 0.3 is 0 Å². The highest BCUT2D eigenvalue weighted by molar-refractivity contribution is 14.0. The lowest BCUT2D eigenvalue weighted by Gasteiger charge is -2.10. The standard InChI is InChI=1S/C15H22N4S2.HI/c1-4-12-6-7-13(21-12)9-18-15(16-3)17-8-11-10-20-14(5-2)19-11;/h6-7,10H,4-5,8-9H2,1-3H3,(H2,16,17,18);1H. The average molecular weight is 450 g/mol. The van der Waals surface area contributed by atoms with Crippen LogP contribution in [-0.4, -0.2) is 18.0 Å². The minimum atomic E-state index is 0. The van der Waals surface area contributed by atoms with E-state index in [1.54, 1.807) is 18.4 Å². The van der Waals surface area contributed by atoms with Gasteiger partial charge in [-0.2, -0.15) is 0 Å². The van der Waals surface area contributed by atoms with Crippen molar-refractivity contribution in [3.8, 4) is 0 Å². The molecular weight excluding hydrogens is 427 g/mol. The number of hydrogen-bond donors (Lipinski definition) is 2. The molecule has 0 unspecified atom stereocenters. The molecule has 0 atom stereocenters. The highest BCUT2D eigenvalue weighted by Gasteiger charge is 2.03. The van der Waals surface area contributed by atoms with Crippen LogP contribution < -0.4 is 10.6 Å². The van der Waals surface area contributed by atoms with Crippen LogP contribution in [0.25, 0.3) is 0 Å². The zero-order valence-corrected chi connectivity index (χ0v) is 17.1. The summed E-state index contributed by atoms with van der Waals surface area (Å²) >= 11 is 3.56. The van der Waals surface area contributed by atoms with Gasteiger partial charge in [0, 0.05) is 22.2 Å². The van der Waals surface area contributed by atoms with Crippen LogP contribution in [0.15, 0.2) is 22.5 Å². The summed E-state index contributed by atoms with van der Waals surface area (Å²) in [6.45, 7) is 5.83. The maximum atomic E-state index is 4.54. The molecule has 122 valence electrons. The second-order valence-electron chi connectivity index (χ2n) is 4.59. The Hall–Kier alpha value is -0.670. The van der Waals surface area contributed by atoms with Gasteiger partial charge in [0.15, 0.2) is 5.96 Å². The molecule has 0 saturated heterocycles. The van der Waals surface area contributed by atoms with Crippen LogP contribution in [0.5, 0.6) is 0 Å². The van der Waals surface area contributed by atoms with E-state index in [4.69, 9.17) is 0 Å². The average Bonchev–Trinajstić information content (AvgIpc) is 3.16. The molecule has 0 fully saturated rings. The number of guanidine groups is 1. The molecule has 0 saturated carbocycles. The molecule has 2 heterocycles. The Kier molecular flexibility index (Phi) is 8.96. The first-order chi connectivity index (χ1) is 10.2. The summed E-state index contributed by atoms with van der Waals surface area (Å²) in [5, 5.41) is 9.92. The summed E-state index contributed by atoms with van der Waals surface area (Å²) in [7, 11) is 1.79. The fourth-order valence-corrected chi connectivity index (χ4v) is 3.51. The Morgan fingerprint density at radius 3 is 2.45 bits per heavy atom. The van der Waals surface area contributed by atoms with Crippen LogP contribution in [0.4, 0.5) is 0 Å². The molecule has 0 aliphatic carbocycles. The summed E-state index contributed by atoms with van der Waals surface area (Å²) in [4.78, 5) is 11.5. The van der Waals surface area contributed by atoms with E-state index in [1.807, 2.05) is 11.3 Å². The molecule has 0 radical (unpaired) electrons. The molecule has 0 bridgehead atoms. The fraction of sp³-hybridized carbons (Fsp3) is 0.467. The maximum Gasteiger partial charge on any atom is 0.191 e. The van der Waals surface area contributed by atoms with Gasteiger partial charge in [0.2, 0.25) is 0 Å². The van der Waals surface area contributed by atoms with E-state index in [9.17, 15) is 0 Å². The van der Waals surface area contributed by atoms with Gasteiger partial charge in [0.05, 0.1) is 23.8 Å². The zero-order valence-electron chi connectivity index (χ0n) is 13.2. The third-order valence-corrected chi connectivity index (χ3v) is 5.33. The van der Waals surface area contributed by atoms with E-state index in [-0.39, 0.29) is 24.0 Å². The van der Waals surface area contributed by atoms with E-state index in [0.717, 1.165) is 31.0 Å². The van der Waals surface area contributed by atoms with Gasteiger partial charge in [-0.05, 0) is 25.0 Å². The molecule has 0 amide bonds. The number of rotatable bonds is 6. The SMILES string of the molecule is CCc1ccc(CNC(=NC)NCc2csc(CC)n2)s1.I. The molecule has 2 N–H and O–H groups in total. The molecule has 2 rings (SSSR count). The predicted octanol–water partition coefficient (Wildman–Crippen LogP) is 3.81. The lowest BCUT2D eigenvalue weighted by Crippen LogP contribution is -2.36. The van der Waals surface area contributed by atoms with Crippen LogP contribution in [0, 0.1) is 0 Å². The van der Waals surface area contributed by atoms with Gasteiger partial charge in [-0.15, -0.1) is 46.7 Å². The van der Waals surface area contributed by atoms with E-state index >= 15 is 0 Å². The van der Waals surface area contributed by atoms with Crippen LogP contribution in [0.2, 0.25) is 0 Å². The van der Waals surface area contributed by atoms with Crippen LogP contribution in [0.1, 0.15) is 34.3 Å². The molecule has 0 aliphatic heterocycles. The summed E-state index contributed by atoms with van der Waals surface area (Å²) in [5.74, 6) is 0.812. The largest absolute Gasteiger partial charge is 0.352 e. The first kappa shape index (κ1) is 19.4. The number of aromatic nitrogens is 1. The van der Waals surface area contributed by atoms with Crippen molar-refractivity contribution in [2.45, 2.75) is 39.8 Å². The highest BCUT2D eigenvalue weighted by Crippen LogP contribution is 2.16. The van der Waals surface area contributed by atoms with Gasteiger partial charge in [-0.25, -0.2) is 4.98 Å². The Labute approximate surface area is 157 Å². The minimum Gasteiger partial charge on any atom is -0.352 e. The number of aliphatic imine (C=N–C) groups is 1. The second kappa shape index (κ2) is 10.2. The second-order valence-corrected chi connectivity index (χ2v) is 6.78. The lowest BCUT2D eigenvalue weighted by atomic mass is 10.3. The van der Waals surface area contributed by atoms with Crippen molar-refractivity contribution in [2.75, 3.05) is 7.05 Å². The molecule has 7 heteroatoms. The van der Waals surface area contributed by atoms with Gasteiger partial charge in [-0.3, -0.25) is 4.99 Å². The monoisotopic (exact) mass is 450 g/mol. The molecule has 2 aromatic rings. The molecule has 2 aromatic heterocycles. The van der Waals surface area contributed by atoms with Gasteiger partial charge in [0.1, 0.15) is 0 Å². The van der Waals surface area contributed by atoms with Gasteiger partial charge in [-0.1, -0.05) is 13.8 Å². The molecule has 0 aliphatic rings. The van der Waals surface area contributed by atoms with Gasteiger partial charge in [0.25, 0.3) is 0 Å². The summed E-state index contributed by atoms with van der Waals surface area (Å²) < 4.78 is 0. The number of aryl methyl sites for hydroxylation is 2. The van der Waals surface area contributed by atoms with Crippen LogP contribution >= 0.6 is 46.7 Å². The summed E-state index contributed by atoms with van der Waals surface area (Å²) in [6, 6.07) is 4.37. The number of halogens is 1. The van der Waals surface area contributed by atoms with E-state index in [0.29, 0.717) is 6.54 Å². The first-order valence-corrected chi connectivity index (χ1v) is 8.90. The Balaban J connectivity index is 0.00000242. The molecule has 4 nitrogen and oxygen atoms in total. The number of hydrogen-bond acceptors (Lipinski definition) is 4. The van der Waals surface area contributed by atoms with Crippen LogP contribution in [-0.2, 0) is 25.9 Å². The third-order valence-electron chi connectivity index (χ3n) is 3.06. The van der Waals surface area contributed by atoms with Crippen molar-refractivity contribution in [3.05, 3.63) is 38.0 Å². The number of nitrogens with one attached hydrogen (secondary N) is 2. The number of thiazole rings is 1. The Morgan fingerprint density at radius 1 is 1.14 bits per heavy atom. The summed E-state index contributed by atoms with van der Waals surface area (Å²) in [5.41, 5.74) is 1.07. The normalized spacial score (nSPS) is 11.1. The van der Waals surface area contributed by atoms with E-state index < -0.39 is 0 Å². The summed E-state index contributed by atoms with van der Waals surface area (Å²) in [6.07, 6.45) is 2.09. The van der Waals surface area contributed by atoms with E-state index in [1.165, 1.54) is 14.8 Å². The van der Waals surface area contributed by atoms with Crippen molar-refractivity contribution in [2.24, 2.45) is 4.99 Å². The molecular formula is C15H23IN4S2. The molecule has 0 aromatic carbocycles. The van der Waals surface area contributed by atoms with Crippen molar-refractivity contribution < 1.29 is 0 Å². The third kappa shape index (κ3) is 5.85. The quantitative estimate of drug-likeness (QED) is 0.400. The number of thiophene rings is 1. The van der Waals surface area contributed by atoms with Crippen LogP contribution in [0.3, 0.4) is 0 Å². The van der Waals surface area contributed by atoms with Crippen molar-refractivity contribution in [1.29, 1.82) is 0 Å². The molecule has 0 spiro atoms. The lowest BCUT2D eigenvalue weighted by molar-refractivity contribution is 0.800. The predicted molar refractivity (Wildman–Crippen MR) is 108 cm³/mol. The van der Waals surface area contributed by atoms with Crippen molar-refractivity contribution in [1.82, 2.24) is 15.6 Å². The topological polar surface area (TPSA) is 49.3 Å². The smallest absolute Gasteiger partial charge is 0.191 e. The highest BCUT2D eigenvalue weighted by atomic mass is 127. The Morgan fingerprint density at radius 2 is 1.86 bits per heavy atom. The van der Waals surface area contributed by atoms with Crippen molar-refractivity contribution in [3.63, 3.8) is 0 Å². The first-order valence-electron chi connectivity index (χ1n) is 7.20. The maximum absolute atomic E-state index is 4.54. The number of nitrogens with zero attached hydrogens (tertiary/aromatic N) is 2.